The highest BCUT2D eigenvalue weighted by Gasteiger charge is 2.32. The number of hydrazone groups is 1. The minimum Gasteiger partial charge on any atom is -0.399 e. The Morgan fingerprint density at radius 1 is 1.71 bits per heavy atom. The third kappa shape index (κ3) is 1.92. The summed E-state index contributed by atoms with van der Waals surface area (Å²) >= 11 is 0. The van der Waals surface area contributed by atoms with Gasteiger partial charge in [0.1, 0.15) is 13.0 Å². The minimum absolute atomic E-state index is 0.0432. The van der Waals surface area contributed by atoms with Gasteiger partial charge in [0.15, 0.2) is 0 Å². The monoisotopic (exact) mass is 197 g/mol. The van der Waals surface area contributed by atoms with Crippen molar-refractivity contribution < 1.29 is 9.63 Å². The van der Waals surface area contributed by atoms with Gasteiger partial charge in [-0.05, 0) is 20.8 Å². The molecule has 0 saturated carbocycles. The van der Waals surface area contributed by atoms with Gasteiger partial charge in [0.2, 0.25) is 0 Å². The van der Waals surface area contributed by atoms with E-state index in [-0.39, 0.29) is 17.9 Å². The van der Waals surface area contributed by atoms with E-state index in [1.165, 1.54) is 12.1 Å². The first-order valence-corrected chi connectivity index (χ1v) is 4.52. The molecule has 0 aromatic carbocycles. The van der Waals surface area contributed by atoms with Gasteiger partial charge in [0, 0.05) is 12.3 Å². The fourth-order valence-electron chi connectivity index (χ4n) is 1.28. The Morgan fingerprint density at radius 3 is 2.79 bits per heavy atom. The van der Waals surface area contributed by atoms with Crippen molar-refractivity contribution in [2.45, 2.75) is 26.8 Å². The van der Waals surface area contributed by atoms with Crippen molar-refractivity contribution in [3.05, 3.63) is 0 Å². The number of carbonyl (C=O) groups is 1. The van der Waals surface area contributed by atoms with E-state index in [1.807, 2.05) is 13.8 Å². The first-order valence-electron chi connectivity index (χ1n) is 4.52. The van der Waals surface area contributed by atoms with Crippen LogP contribution in [0.2, 0.25) is 0 Å². The molecular formula is C9H15N3O2. The highest BCUT2D eigenvalue weighted by molar-refractivity contribution is 6.16. The van der Waals surface area contributed by atoms with Gasteiger partial charge in [0.05, 0.1) is 5.71 Å². The van der Waals surface area contributed by atoms with Crippen LogP contribution in [0.15, 0.2) is 10.3 Å². The average molecular weight is 197 g/mol. The summed E-state index contributed by atoms with van der Waals surface area (Å²) in [6.45, 7) is 5.59. The van der Waals surface area contributed by atoms with Crippen molar-refractivity contribution in [3.63, 3.8) is 0 Å². The molecule has 1 heterocycles. The molecule has 0 aromatic rings. The fourth-order valence-corrected chi connectivity index (χ4v) is 1.28. The van der Waals surface area contributed by atoms with E-state index in [9.17, 15) is 4.79 Å². The summed E-state index contributed by atoms with van der Waals surface area (Å²) in [6.07, 6.45) is 1.60. The molecule has 1 aliphatic heterocycles. The second kappa shape index (κ2) is 4.21. The van der Waals surface area contributed by atoms with Crippen LogP contribution >= 0.6 is 0 Å². The standard InChI is InChI=1S/C9H15N3O2/c1-6(2)12-9(13)8(5-10-12)7(3)11-14-4/h5-6,8H,1-4H3. The zero-order valence-corrected chi connectivity index (χ0v) is 8.89. The number of oxime groups is 1. The number of hydrogen-bond acceptors (Lipinski definition) is 4. The van der Waals surface area contributed by atoms with Gasteiger partial charge in [-0.1, -0.05) is 5.16 Å². The lowest BCUT2D eigenvalue weighted by Crippen LogP contribution is -2.34. The molecule has 0 radical (unpaired) electrons. The number of nitrogens with zero attached hydrogens (tertiary/aromatic N) is 3. The molecular weight excluding hydrogens is 182 g/mol. The predicted octanol–water partition coefficient (Wildman–Crippen LogP) is 0.861. The number of hydrogen-bond donors (Lipinski definition) is 0. The topological polar surface area (TPSA) is 54.3 Å². The van der Waals surface area contributed by atoms with Crippen LogP contribution in [0, 0.1) is 5.92 Å². The Labute approximate surface area is 83.4 Å². The Hall–Kier alpha value is -1.39. The van der Waals surface area contributed by atoms with Crippen LogP contribution in [0.4, 0.5) is 0 Å². The van der Waals surface area contributed by atoms with Crippen LogP contribution in [0.3, 0.4) is 0 Å². The Balaban J connectivity index is 2.75. The molecule has 1 amide bonds. The maximum Gasteiger partial charge on any atom is 0.257 e. The first kappa shape index (κ1) is 10.7. The lowest BCUT2D eigenvalue weighted by atomic mass is 10.1. The Bertz CT molecular complexity index is 284. The molecule has 1 rings (SSSR count). The second-order valence-corrected chi connectivity index (χ2v) is 3.43. The summed E-state index contributed by atoms with van der Waals surface area (Å²) < 4.78 is 0. The zero-order chi connectivity index (χ0) is 10.7. The molecule has 5 heteroatoms. The highest BCUT2D eigenvalue weighted by Crippen LogP contribution is 2.14. The van der Waals surface area contributed by atoms with Crippen molar-refractivity contribution in [1.29, 1.82) is 0 Å². The van der Waals surface area contributed by atoms with E-state index < -0.39 is 0 Å². The van der Waals surface area contributed by atoms with Gasteiger partial charge >= 0.3 is 0 Å². The summed E-state index contributed by atoms with van der Waals surface area (Å²) in [4.78, 5) is 16.3. The van der Waals surface area contributed by atoms with Crippen molar-refractivity contribution in [2.75, 3.05) is 7.11 Å². The van der Waals surface area contributed by atoms with Crippen LogP contribution in [-0.2, 0) is 9.63 Å². The summed E-state index contributed by atoms with van der Waals surface area (Å²) in [6, 6.07) is 0.0825. The molecule has 0 spiro atoms. The van der Waals surface area contributed by atoms with E-state index in [0.29, 0.717) is 5.71 Å². The van der Waals surface area contributed by atoms with Crippen LogP contribution in [0.5, 0.6) is 0 Å². The smallest absolute Gasteiger partial charge is 0.257 e. The van der Waals surface area contributed by atoms with E-state index in [2.05, 4.69) is 15.1 Å². The first-order chi connectivity index (χ1) is 6.57. The third-order valence-corrected chi connectivity index (χ3v) is 2.01. The quantitative estimate of drug-likeness (QED) is 0.497. The predicted molar refractivity (Wildman–Crippen MR) is 54.1 cm³/mol. The Morgan fingerprint density at radius 2 is 2.36 bits per heavy atom. The van der Waals surface area contributed by atoms with Crippen molar-refractivity contribution in [3.8, 4) is 0 Å². The average Bonchev–Trinajstić information content (AvgIpc) is 2.47. The van der Waals surface area contributed by atoms with Gasteiger partial charge in [-0.15, -0.1) is 0 Å². The molecule has 1 unspecified atom stereocenters. The fraction of sp³-hybridized carbons (Fsp3) is 0.667. The molecule has 1 aliphatic rings. The van der Waals surface area contributed by atoms with E-state index >= 15 is 0 Å². The molecule has 0 aliphatic carbocycles. The second-order valence-electron chi connectivity index (χ2n) is 3.43. The normalized spacial score (nSPS) is 22.4. The SMILES string of the molecule is CON=C(C)C1C=NN(C(C)C)C1=O. The summed E-state index contributed by atoms with van der Waals surface area (Å²) in [5.74, 6) is -0.407. The van der Waals surface area contributed by atoms with E-state index in [4.69, 9.17) is 0 Å². The molecule has 0 fully saturated rings. The zero-order valence-electron chi connectivity index (χ0n) is 8.89. The molecule has 1 atom stereocenters. The van der Waals surface area contributed by atoms with Gasteiger partial charge < -0.3 is 4.84 Å². The minimum atomic E-state index is -0.364. The lowest BCUT2D eigenvalue weighted by Gasteiger charge is -2.17. The maximum atomic E-state index is 11.7. The van der Waals surface area contributed by atoms with Crippen molar-refractivity contribution in [2.24, 2.45) is 16.2 Å². The van der Waals surface area contributed by atoms with Crippen LogP contribution in [0.25, 0.3) is 0 Å². The molecule has 0 aromatic heterocycles. The summed E-state index contributed by atoms with van der Waals surface area (Å²) in [5, 5.41) is 9.21. The molecule has 0 N–H and O–H groups in total. The molecule has 0 bridgehead atoms. The van der Waals surface area contributed by atoms with Gasteiger partial charge in [0.25, 0.3) is 5.91 Å². The van der Waals surface area contributed by atoms with Crippen molar-refractivity contribution >= 4 is 17.8 Å². The van der Waals surface area contributed by atoms with Crippen LogP contribution in [0.1, 0.15) is 20.8 Å². The largest absolute Gasteiger partial charge is 0.399 e. The van der Waals surface area contributed by atoms with Gasteiger partial charge in [-0.3, -0.25) is 4.79 Å². The number of amides is 1. The van der Waals surface area contributed by atoms with Crippen LogP contribution < -0.4 is 0 Å². The molecule has 5 nitrogen and oxygen atoms in total. The number of carbonyl (C=O) groups excluding carboxylic acids is 1. The van der Waals surface area contributed by atoms with Gasteiger partial charge in [-0.2, -0.15) is 5.10 Å². The highest BCUT2D eigenvalue weighted by atomic mass is 16.6. The van der Waals surface area contributed by atoms with E-state index in [1.54, 1.807) is 13.1 Å². The van der Waals surface area contributed by atoms with Crippen LogP contribution in [-0.4, -0.2) is 36.0 Å². The number of rotatable bonds is 3. The summed E-state index contributed by atoms with van der Waals surface area (Å²) in [7, 11) is 1.46. The van der Waals surface area contributed by atoms with E-state index in [0.717, 1.165) is 0 Å². The molecule has 14 heavy (non-hydrogen) atoms. The maximum absolute atomic E-state index is 11.7. The lowest BCUT2D eigenvalue weighted by molar-refractivity contribution is -0.131. The summed E-state index contributed by atoms with van der Waals surface area (Å²) in [5.41, 5.74) is 0.629. The van der Waals surface area contributed by atoms with Crippen molar-refractivity contribution in [1.82, 2.24) is 5.01 Å². The molecule has 78 valence electrons. The Kier molecular flexibility index (Phi) is 3.22. The van der Waals surface area contributed by atoms with Gasteiger partial charge in [-0.25, -0.2) is 5.01 Å². The third-order valence-electron chi connectivity index (χ3n) is 2.01. The molecule has 0 saturated heterocycles.